The Balaban J connectivity index is 1.76. The molecule has 0 aromatic heterocycles. The van der Waals surface area contributed by atoms with E-state index in [0.29, 0.717) is 18.0 Å². The highest BCUT2D eigenvalue weighted by Gasteiger charge is 2.37. The van der Waals surface area contributed by atoms with E-state index in [4.69, 9.17) is 0 Å². The van der Waals surface area contributed by atoms with Crippen LogP contribution in [0.3, 0.4) is 0 Å². The van der Waals surface area contributed by atoms with Crippen LogP contribution in [0, 0.1) is 0 Å². The summed E-state index contributed by atoms with van der Waals surface area (Å²) >= 11 is 0. The van der Waals surface area contributed by atoms with Gasteiger partial charge < -0.3 is 10.2 Å². The Morgan fingerprint density at radius 3 is 2.90 bits per heavy atom. The van der Waals surface area contributed by atoms with E-state index in [0.717, 1.165) is 37.8 Å². The number of nitrogens with zero attached hydrogens (tertiary/aromatic N) is 1. The summed E-state index contributed by atoms with van der Waals surface area (Å²) in [5.74, 6) is 0.302. The summed E-state index contributed by atoms with van der Waals surface area (Å²) in [4.78, 5) is 15.0. The van der Waals surface area contributed by atoms with Crippen molar-refractivity contribution in [2.24, 2.45) is 0 Å². The smallest absolute Gasteiger partial charge is 0.245 e. The van der Waals surface area contributed by atoms with Gasteiger partial charge in [-0.25, -0.2) is 0 Å². The summed E-state index contributed by atoms with van der Waals surface area (Å²) in [7, 11) is 0. The zero-order chi connectivity index (χ0) is 14.1. The van der Waals surface area contributed by atoms with E-state index in [9.17, 15) is 4.79 Å². The molecule has 2 aliphatic heterocycles. The van der Waals surface area contributed by atoms with Gasteiger partial charge in [-0.1, -0.05) is 25.1 Å². The van der Waals surface area contributed by atoms with Crippen LogP contribution in [0.5, 0.6) is 0 Å². The lowest BCUT2D eigenvalue weighted by Gasteiger charge is -2.34. The molecule has 1 amide bonds. The molecule has 0 radical (unpaired) electrons. The molecule has 1 N–H and O–H groups in total. The molecular weight excluding hydrogens is 248 g/mol. The summed E-state index contributed by atoms with van der Waals surface area (Å²) in [6, 6.07) is 9.13. The van der Waals surface area contributed by atoms with E-state index < -0.39 is 0 Å². The lowest BCUT2D eigenvalue weighted by molar-refractivity contribution is -0.134. The zero-order valence-corrected chi connectivity index (χ0v) is 12.4. The minimum atomic E-state index is -0.0421. The zero-order valence-electron chi connectivity index (χ0n) is 12.4. The van der Waals surface area contributed by atoms with Gasteiger partial charge in [-0.05, 0) is 50.7 Å². The van der Waals surface area contributed by atoms with Crippen molar-refractivity contribution in [3.63, 3.8) is 0 Å². The number of hydrogen-bond acceptors (Lipinski definition) is 2. The fourth-order valence-electron chi connectivity index (χ4n) is 3.67. The van der Waals surface area contributed by atoms with Gasteiger partial charge in [0, 0.05) is 17.8 Å². The molecule has 0 bridgehead atoms. The molecule has 1 aromatic carbocycles. The van der Waals surface area contributed by atoms with Crippen LogP contribution < -0.4 is 5.32 Å². The lowest BCUT2D eigenvalue weighted by atomic mass is 9.97. The van der Waals surface area contributed by atoms with Gasteiger partial charge in [-0.2, -0.15) is 0 Å². The molecule has 2 heterocycles. The minimum absolute atomic E-state index is 0.0421. The fraction of sp³-hybridized carbons (Fsp3) is 0.588. The van der Waals surface area contributed by atoms with Crippen LogP contribution >= 0.6 is 0 Å². The van der Waals surface area contributed by atoms with Crippen molar-refractivity contribution in [2.45, 2.75) is 64.1 Å². The van der Waals surface area contributed by atoms with Gasteiger partial charge in [-0.3, -0.25) is 4.79 Å². The number of rotatable bonds is 2. The summed E-state index contributed by atoms with van der Waals surface area (Å²) in [6.45, 7) is 4.37. The van der Waals surface area contributed by atoms with E-state index >= 15 is 0 Å². The third kappa shape index (κ3) is 2.30. The monoisotopic (exact) mass is 272 g/mol. The molecule has 0 spiro atoms. The maximum absolute atomic E-state index is 12.9. The first-order chi connectivity index (χ1) is 9.70. The first-order valence-corrected chi connectivity index (χ1v) is 7.87. The maximum Gasteiger partial charge on any atom is 0.245 e. The molecule has 0 saturated carbocycles. The van der Waals surface area contributed by atoms with Gasteiger partial charge >= 0.3 is 0 Å². The molecule has 1 aromatic rings. The van der Waals surface area contributed by atoms with Crippen LogP contribution in [0.1, 0.15) is 45.1 Å². The minimum Gasteiger partial charge on any atom is -0.373 e. The van der Waals surface area contributed by atoms with E-state index in [1.54, 1.807) is 0 Å². The van der Waals surface area contributed by atoms with Gasteiger partial charge in [0.1, 0.15) is 6.04 Å². The maximum atomic E-state index is 12.9. The number of aryl methyl sites for hydroxylation is 1. The summed E-state index contributed by atoms with van der Waals surface area (Å²) < 4.78 is 0. The van der Waals surface area contributed by atoms with Gasteiger partial charge in [0.05, 0.1) is 0 Å². The van der Waals surface area contributed by atoms with Crippen molar-refractivity contribution < 1.29 is 4.79 Å². The van der Waals surface area contributed by atoms with Crippen LogP contribution in [-0.2, 0) is 11.2 Å². The van der Waals surface area contributed by atoms with Crippen molar-refractivity contribution in [2.75, 3.05) is 5.32 Å². The van der Waals surface area contributed by atoms with Gasteiger partial charge in [0.25, 0.3) is 0 Å². The molecule has 0 aliphatic carbocycles. The molecule has 3 atom stereocenters. The second-order valence-corrected chi connectivity index (χ2v) is 6.13. The summed E-state index contributed by atoms with van der Waals surface area (Å²) in [5, 5.41) is 3.45. The third-order valence-corrected chi connectivity index (χ3v) is 4.86. The van der Waals surface area contributed by atoms with Crippen molar-refractivity contribution in [3.8, 4) is 0 Å². The largest absolute Gasteiger partial charge is 0.373 e. The summed E-state index contributed by atoms with van der Waals surface area (Å²) in [5.41, 5.74) is 2.47. The van der Waals surface area contributed by atoms with Crippen molar-refractivity contribution in [1.82, 2.24) is 4.90 Å². The number of benzene rings is 1. The lowest BCUT2D eigenvalue weighted by Crippen LogP contribution is -2.49. The van der Waals surface area contributed by atoms with Crippen molar-refractivity contribution in [1.29, 1.82) is 0 Å². The number of carbonyl (C=O) groups is 1. The number of amides is 1. The highest BCUT2D eigenvalue weighted by atomic mass is 16.2. The molecule has 1 saturated heterocycles. The average Bonchev–Trinajstić information content (AvgIpc) is 2.87. The second-order valence-electron chi connectivity index (χ2n) is 6.13. The van der Waals surface area contributed by atoms with Crippen LogP contribution in [0.4, 0.5) is 5.69 Å². The number of likely N-dealkylation sites (tertiary alicyclic amines) is 1. The second kappa shape index (κ2) is 5.47. The van der Waals surface area contributed by atoms with Crippen LogP contribution in [-0.4, -0.2) is 28.9 Å². The van der Waals surface area contributed by atoms with E-state index in [1.165, 1.54) is 5.56 Å². The Hall–Kier alpha value is -1.51. The quantitative estimate of drug-likeness (QED) is 0.896. The Labute approximate surface area is 121 Å². The SMILES string of the molecule is CCC1CCC(C)N1C(=O)C1CCc2ccccc2N1. The third-order valence-electron chi connectivity index (χ3n) is 4.86. The number of para-hydroxylation sites is 1. The molecule has 20 heavy (non-hydrogen) atoms. The number of anilines is 1. The highest BCUT2D eigenvalue weighted by molar-refractivity contribution is 5.86. The number of fused-ring (bicyclic) bond motifs is 1. The summed E-state index contributed by atoms with van der Waals surface area (Å²) in [6.07, 6.45) is 5.29. The highest BCUT2D eigenvalue weighted by Crippen LogP contribution is 2.30. The molecule has 3 rings (SSSR count). The standard InChI is InChI=1S/C17H24N2O/c1-3-14-10-8-12(2)19(14)17(20)16-11-9-13-6-4-5-7-15(13)18-16/h4-7,12,14,16,18H,3,8-11H2,1-2H3. The first kappa shape index (κ1) is 13.5. The average molecular weight is 272 g/mol. The van der Waals surface area contributed by atoms with Crippen molar-refractivity contribution >= 4 is 11.6 Å². The fourth-order valence-corrected chi connectivity index (χ4v) is 3.67. The topological polar surface area (TPSA) is 32.3 Å². The molecule has 2 aliphatic rings. The number of nitrogens with one attached hydrogen (secondary N) is 1. The number of carbonyl (C=O) groups excluding carboxylic acids is 1. The van der Waals surface area contributed by atoms with Crippen LogP contribution in [0.2, 0.25) is 0 Å². The molecule has 3 unspecified atom stereocenters. The van der Waals surface area contributed by atoms with Crippen LogP contribution in [0.25, 0.3) is 0 Å². The van der Waals surface area contributed by atoms with E-state index in [-0.39, 0.29) is 6.04 Å². The van der Waals surface area contributed by atoms with E-state index in [2.05, 4.69) is 42.3 Å². The molecule has 3 heteroatoms. The van der Waals surface area contributed by atoms with Gasteiger partial charge in [-0.15, -0.1) is 0 Å². The Morgan fingerprint density at radius 2 is 2.10 bits per heavy atom. The van der Waals surface area contributed by atoms with Crippen LogP contribution in [0.15, 0.2) is 24.3 Å². The van der Waals surface area contributed by atoms with Crippen molar-refractivity contribution in [3.05, 3.63) is 29.8 Å². The Bertz CT molecular complexity index is 500. The Morgan fingerprint density at radius 1 is 1.30 bits per heavy atom. The first-order valence-electron chi connectivity index (χ1n) is 7.87. The molecule has 108 valence electrons. The molecule has 3 nitrogen and oxygen atoms in total. The van der Waals surface area contributed by atoms with E-state index in [1.807, 2.05) is 6.07 Å². The van der Waals surface area contributed by atoms with Gasteiger partial charge in [0.2, 0.25) is 5.91 Å². The molecule has 1 fully saturated rings. The Kier molecular flexibility index (Phi) is 3.68. The molecular formula is C17H24N2O. The number of hydrogen-bond donors (Lipinski definition) is 1. The predicted molar refractivity (Wildman–Crippen MR) is 81.8 cm³/mol. The predicted octanol–water partition coefficient (Wildman–Crippen LogP) is 3.20. The van der Waals surface area contributed by atoms with Gasteiger partial charge in [0.15, 0.2) is 0 Å². The normalized spacial score (nSPS) is 28.9.